The van der Waals surface area contributed by atoms with Gasteiger partial charge in [0.2, 0.25) is 5.95 Å². The third-order valence-electron chi connectivity index (χ3n) is 3.55. The van der Waals surface area contributed by atoms with Crippen molar-refractivity contribution < 1.29 is 4.74 Å². The van der Waals surface area contributed by atoms with Gasteiger partial charge >= 0.3 is 0 Å². The summed E-state index contributed by atoms with van der Waals surface area (Å²) in [5, 5.41) is 11.2. The van der Waals surface area contributed by atoms with E-state index in [1.54, 1.807) is 13.3 Å². The normalized spacial score (nSPS) is 10.2. The monoisotopic (exact) mass is 321 g/mol. The number of hydrogen-bond donors (Lipinski definition) is 1. The second-order valence-corrected chi connectivity index (χ2v) is 5.31. The van der Waals surface area contributed by atoms with Crippen LogP contribution in [0.5, 0.6) is 5.75 Å². The Kier molecular flexibility index (Phi) is 4.86. The number of rotatable bonds is 6. The first-order chi connectivity index (χ1) is 11.8. The molecular formula is C18H19N5O. The molecule has 0 bridgehead atoms. The van der Waals surface area contributed by atoms with E-state index in [-0.39, 0.29) is 0 Å². The van der Waals surface area contributed by atoms with Gasteiger partial charge in [-0.3, -0.25) is 0 Å². The smallest absolute Gasteiger partial charge is 0.249 e. The van der Waals surface area contributed by atoms with E-state index < -0.39 is 0 Å². The van der Waals surface area contributed by atoms with E-state index in [2.05, 4.69) is 32.6 Å². The molecule has 6 heteroatoms. The Balaban J connectivity index is 1.76. The lowest BCUT2D eigenvalue weighted by Gasteiger charge is -2.18. The van der Waals surface area contributed by atoms with Crippen molar-refractivity contribution in [2.24, 2.45) is 0 Å². The van der Waals surface area contributed by atoms with Crippen LogP contribution in [0.15, 0.2) is 60.8 Å². The summed E-state index contributed by atoms with van der Waals surface area (Å²) in [5.41, 5.74) is 2.00. The zero-order valence-electron chi connectivity index (χ0n) is 13.7. The Morgan fingerprint density at radius 1 is 1.04 bits per heavy atom. The number of ether oxygens (including phenoxy) is 1. The van der Waals surface area contributed by atoms with Gasteiger partial charge < -0.3 is 15.0 Å². The third kappa shape index (κ3) is 3.78. The van der Waals surface area contributed by atoms with Gasteiger partial charge in [0, 0.05) is 13.6 Å². The lowest BCUT2D eigenvalue weighted by molar-refractivity contribution is 0.417. The molecule has 6 nitrogen and oxygen atoms in total. The molecule has 0 saturated carbocycles. The fourth-order valence-corrected chi connectivity index (χ4v) is 2.34. The fraction of sp³-hybridized carbons (Fsp3) is 0.167. The van der Waals surface area contributed by atoms with Crippen LogP contribution in [0, 0.1) is 0 Å². The van der Waals surface area contributed by atoms with Gasteiger partial charge in [-0.25, -0.2) is 0 Å². The number of nitrogens with zero attached hydrogens (tertiary/aromatic N) is 4. The maximum atomic E-state index is 5.33. The van der Waals surface area contributed by atoms with Crippen LogP contribution in [0.25, 0.3) is 0 Å². The van der Waals surface area contributed by atoms with E-state index in [1.807, 2.05) is 54.4 Å². The molecule has 0 aliphatic carbocycles. The summed E-state index contributed by atoms with van der Waals surface area (Å²) in [5.74, 6) is 1.90. The Morgan fingerprint density at radius 2 is 1.79 bits per heavy atom. The number of para-hydroxylation sites is 2. The van der Waals surface area contributed by atoms with Crippen LogP contribution in [0.1, 0.15) is 5.56 Å². The molecule has 0 atom stereocenters. The molecule has 3 rings (SSSR count). The SMILES string of the molecule is COc1ccccc1Nc1nncc(N(C)Cc2ccccc2)n1. The average molecular weight is 321 g/mol. The van der Waals surface area contributed by atoms with Crippen molar-refractivity contribution >= 4 is 17.5 Å². The van der Waals surface area contributed by atoms with Gasteiger partial charge in [-0.05, 0) is 17.7 Å². The quantitative estimate of drug-likeness (QED) is 0.752. The highest BCUT2D eigenvalue weighted by Gasteiger charge is 2.08. The molecule has 1 N–H and O–H groups in total. The fourth-order valence-electron chi connectivity index (χ4n) is 2.34. The highest BCUT2D eigenvalue weighted by molar-refractivity contribution is 5.62. The number of hydrogen-bond acceptors (Lipinski definition) is 6. The lowest BCUT2D eigenvalue weighted by atomic mass is 10.2. The summed E-state index contributed by atoms with van der Waals surface area (Å²) < 4.78 is 5.33. The summed E-state index contributed by atoms with van der Waals surface area (Å²) in [7, 11) is 3.60. The first kappa shape index (κ1) is 15.7. The van der Waals surface area contributed by atoms with E-state index in [0.717, 1.165) is 23.8 Å². The molecule has 3 aromatic rings. The van der Waals surface area contributed by atoms with Gasteiger partial charge in [-0.2, -0.15) is 10.1 Å². The van der Waals surface area contributed by atoms with Gasteiger partial charge in [-0.15, -0.1) is 5.10 Å². The highest BCUT2D eigenvalue weighted by atomic mass is 16.5. The first-order valence-corrected chi connectivity index (χ1v) is 7.61. The van der Waals surface area contributed by atoms with Crippen molar-refractivity contribution in [2.75, 3.05) is 24.4 Å². The molecule has 1 heterocycles. The predicted molar refractivity (Wildman–Crippen MR) is 94.7 cm³/mol. The van der Waals surface area contributed by atoms with Crippen molar-refractivity contribution in [1.29, 1.82) is 0 Å². The number of nitrogens with one attached hydrogen (secondary N) is 1. The van der Waals surface area contributed by atoms with Crippen LogP contribution < -0.4 is 15.0 Å². The molecule has 24 heavy (non-hydrogen) atoms. The van der Waals surface area contributed by atoms with Crippen LogP contribution in [-0.2, 0) is 6.54 Å². The van der Waals surface area contributed by atoms with Crippen molar-refractivity contribution in [3.8, 4) is 5.75 Å². The second kappa shape index (κ2) is 7.41. The van der Waals surface area contributed by atoms with E-state index in [0.29, 0.717) is 5.95 Å². The zero-order chi connectivity index (χ0) is 16.8. The summed E-state index contributed by atoms with van der Waals surface area (Å²) in [6, 6.07) is 17.8. The molecule has 0 unspecified atom stereocenters. The van der Waals surface area contributed by atoms with E-state index in [9.17, 15) is 0 Å². The van der Waals surface area contributed by atoms with E-state index in [1.165, 1.54) is 5.56 Å². The molecule has 0 aliphatic rings. The average Bonchev–Trinajstić information content (AvgIpc) is 2.63. The molecule has 122 valence electrons. The Bertz CT molecular complexity index is 794. The molecule has 0 fully saturated rings. The van der Waals surface area contributed by atoms with Gasteiger partial charge in [-0.1, -0.05) is 42.5 Å². The van der Waals surface area contributed by atoms with Gasteiger partial charge in [0.15, 0.2) is 5.82 Å². The molecular weight excluding hydrogens is 302 g/mol. The van der Waals surface area contributed by atoms with E-state index >= 15 is 0 Å². The van der Waals surface area contributed by atoms with Crippen LogP contribution in [0.3, 0.4) is 0 Å². The number of methoxy groups -OCH3 is 1. The number of anilines is 3. The lowest BCUT2D eigenvalue weighted by Crippen LogP contribution is -2.18. The van der Waals surface area contributed by atoms with Crippen molar-refractivity contribution in [2.45, 2.75) is 6.54 Å². The maximum Gasteiger partial charge on any atom is 0.249 e. The first-order valence-electron chi connectivity index (χ1n) is 7.61. The molecule has 0 aliphatic heterocycles. The van der Waals surface area contributed by atoms with E-state index in [4.69, 9.17) is 4.74 Å². The van der Waals surface area contributed by atoms with Crippen molar-refractivity contribution in [1.82, 2.24) is 15.2 Å². The third-order valence-corrected chi connectivity index (χ3v) is 3.55. The molecule has 1 aromatic heterocycles. The predicted octanol–water partition coefficient (Wildman–Crippen LogP) is 3.26. The largest absolute Gasteiger partial charge is 0.495 e. The Morgan fingerprint density at radius 3 is 2.58 bits per heavy atom. The molecule has 2 aromatic carbocycles. The molecule has 0 amide bonds. The Labute approximate surface area is 141 Å². The maximum absolute atomic E-state index is 5.33. The molecule has 0 radical (unpaired) electrons. The van der Waals surface area contributed by atoms with Crippen LogP contribution in [-0.4, -0.2) is 29.3 Å². The van der Waals surface area contributed by atoms with Crippen molar-refractivity contribution in [3.63, 3.8) is 0 Å². The summed E-state index contributed by atoms with van der Waals surface area (Å²) in [6.07, 6.45) is 1.65. The minimum atomic E-state index is 0.428. The number of benzene rings is 2. The minimum Gasteiger partial charge on any atom is -0.495 e. The molecule has 0 saturated heterocycles. The van der Waals surface area contributed by atoms with Crippen LogP contribution in [0.4, 0.5) is 17.5 Å². The van der Waals surface area contributed by atoms with Crippen LogP contribution >= 0.6 is 0 Å². The minimum absolute atomic E-state index is 0.428. The Hall–Kier alpha value is -3.15. The van der Waals surface area contributed by atoms with Crippen LogP contribution in [0.2, 0.25) is 0 Å². The van der Waals surface area contributed by atoms with Gasteiger partial charge in [0.25, 0.3) is 0 Å². The summed E-state index contributed by atoms with van der Waals surface area (Å²) in [6.45, 7) is 0.744. The van der Waals surface area contributed by atoms with Gasteiger partial charge in [0.1, 0.15) is 5.75 Å². The summed E-state index contributed by atoms with van der Waals surface area (Å²) in [4.78, 5) is 6.55. The number of aromatic nitrogens is 3. The standard InChI is InChI=1S/C18H19N5O/c1-23(13-14-8-4-3-5-9-14)17-12-19-22-18(21-17)20-15-10-6-7-11-16(15)24-2/h3-12H,13H2,1-2H3,(H,20,21,22). The topological polar surface area (TPSA) is 63.2 Å². The summed E-state index contributed by atoms with van der Waals surface area (Å²) >= 11 is 0. The zero-order valence-corrected chi connectivity index (χ0v) is 13.7. The van der Waals surface area contributed by atoms with Crippen molar-refractivity contribution in [3.05, 3.63) is 66.4 Å². The molecule has 0 spiro atoms. The highest BCUT2D eigenvalue weighted by Crippen LogP contribution is 2.25. The van der Waals surface area contributed by atoms with Gasteiger partial charge in [0.05, 0.1) is 19.0 Å². The second-order valence-electron chi connectivity index (χ2n) is 5.31.